The van der Waals surface area contributed by atoms with Gasteiger partial charge in [-0.15, -0.1) is 0 Å². The molecular formula is C26H32N4O2. The number of nitrogens with zero attached hydrogens (tertiary/aromatic N) is 4. The summed E-state index contributed by atoms with van der Waals surface area (Å²) in [6.45, 7) is 11.4. The predicted molar refractivity (Wildman–Crippen MR) is 126 cm³/mol. The van der Waals surface area contributed by atoms with Crippen LogP contribution < -0.4 is 4.74 Å². The summed E-state index contributed by atoms with van der Waals surface area (Å²) in [5.74, 6) is 1.00. The second-order valence-electron chi connectivity index (χ2n) is 8.33. The maximum absolute atomic E-state index is 13.3. The fourth-order valence-corrected chi connectivity index (χ4v) is 4.30. The summed E-state index contributed by atoms with van der Waals surface area (Å²) in [7, 11) is 0. The summed E-state index contributed by atoms with van der Waals surface area (Å²) in [5.41, 5.74) is 4.94. The van der Waals surface area contributed by atoms with Crippen LogP contribution in [0.3, 0.4) is 0 Å². The highest BCUT2D eigenvalue weighted by molar-refractivity contribution is 5.96. The van der Waals surface area contributed by atoms with Crippen molar-refractivity contribution in [3.8, 4) is 5.75 Å². The van der Waals surface area contributed by atoms with Crippen LogP contribution in [-0.2, 0) is 13.1 Å². The summed E-state index contributed by atoms with van der Waals surface area (Å²) in [6, 6.07) is 18.5. The van der Waals surface area contributed by atoms with Crippen molar-refractivity contribution in [1.82, 2.24) is 19.6 Å². The quantitative estimate of drug-likeness (QED) is 0.568. The fraction of sp³-hybridized carbons (Fsp3) is 0.385. The minimum Gasteiger partial charge on any atom is -0.494 e. The molecule has 32 heavy (non-hydrogen) atoms. The van der Waals surface area contributed by atoms with Crippen LogP contribution in [0.1, 0.15) is 39.8 Å². The van der Waals surface area contributed by atoms with Gasteiger partial charge in [-0.25, -0.2) is 0 Å². The van der Waals surface area contributed by atoms with Crippen LogP contribution in [0.2, 0.25) is 0 Å². The smallest absolute Gasteiger partial charge is 0.257 e. The Balaban J connectivity index is 1.36. The van der Waals surface area contributed by atoms with Gasteiger partial charge < -0.3 is 9.64 Å². The van der Waals surface area contributed by atoms with Crippen LogP contribution >= 0.6 is 0 Å². The molecule has 6 heteroatoms. The molecule has 0 aliphatic carbocycles. The van der Waals surface area contributed by atoms with Crippen LogP contribution in [0.4, 0.5) is 0 Å². The average Bonchev–Trinajstić information content (AvgIpc) is 3.08. The molecule has 0 radical (unpaired) electrons. The van der Waals surface area contributed by atoms with Gasteiger partial charge in [-0.1, -0.05) is 42.5 Å². The molecule has 0 spiro atoms. The maximum atomic E-state index is 13.3. The number of amides is 1. The number of ether oxygens (including phenoxy) is 1. The van der Waals surface area contributed by atoms with E-state index in [1.807, 2.05) is 60.7 Å². The molecule has 0 unspecified atom stereocenters. The highest BCUT2D eigenvalue weighted by Crippen LogP contribution is 2.19. The first-order valence-corrected chi connectivity index (χ1v) is 11.4. The molecule has 1 saturated heterocycles. The molecule has 6 nitrogen and oxygen atoms in total. The first-order chi connectivity index (χ1) is 15.5. The van der Waals surface area contributed by atoms with Gasteiger partial charge in [-0.2, -0.15) is 5.10 Å². The number of carbonyl (C=O) groups excluding carboxylic acids is 1. The van der Waals surface area contributed by atoms with E-state index in [0.717, 1.165) is 55.4 Å². The molecule has 168 valence electrons. The molecule has 1 aliphatic heterocycles. The van der Waals surface area contributed by atoms with E-state index in [1.54, 1.807) is 0 Å². The van der Waals surface area contributed by atoms with Gasteiger partial charge in [0, 0.05) is 38.4 Å². The molecule has 1 amide bonds. The first kappa shape index (κ1) is 22.1. The van der Waals surface area contributed by atoms with Crippen molar-refractivity contribution in [3.05, 3.63) is 82.7 Å². The Hall–Kier alpha value is -3.12. The Labute approximate surface area is 190 Å². The molecular weight excluding hydrogens is 400 g/mol. The molecule has 0 atom stereocenters. The lowest BCUT2D eigenvalue weighted by atomic mass is 10.1. The van der Waals surface area contributed by atoms with E-state index in [0.29, 0.717) is 13.2 Å². The van der Waals surface area contributed by atoms with E-state index in [1.165, 1.54) is 11.1 Å². The van der Waals surface area contributed by atoms with Crippen LogP contribution in [0.5, 0.6) is 5.75 Å². The van der Waals surface area contributed by atoms with Crippen molar-refractivity contribution >= 4 is 5.91 Å². The SMILES string of the molecule is CCOc1ccc(CN2CCN(C(=O)c3c(C)nn(Cc4ccccc4)c3C)CC2)cc1. The number of benzene rings is 2. The Morgan fingerprint density at radius 3 is 2.22 bits per heavy atom. The van der Waals surface area contributed by atoms with Crippen LogP contribution in [-0.4, -0.2) is 58.3 Å². The van der Waals surface area contributed by atoms with E-state index in [9.17, 15) is 4.79 Å². The van der Waals surface area contributed by atoms with Gasteiger partial charge in [0.1, 0.15) is 5.75 Å². The molecule has 4 rings (SSSR count). The van der Waals surface area contributed by atoms with Crippen molar-refractivity contribution in [2.24, 2.45) is 0 Å². The molecule has 2 aromatic carbocycles. The predicted octanol–water partition coefficient (Wildman–Crippen LogP) is 3.90. The van der Waals surface area contributed by atoms with Gasteiger partial charge in [0.05, 0.1) is 24.4 Å². The van der Waals surface area contributed by atoms with Crippen molar-refractivity contribution < 1.29 is 9.53 Å². The molecule has 1 aliphatic rings. The maximum Gasteiger partial charge on any atom is 0.257 e. The topological polar surface area (TPSA) is 50.6 Å². The normalized spacial score (nSPS) is 14.5. The number of aryl methyl sites for hydroxylation is 1. The van der Waals surface area contributed by atoms with Crippen molar-refractivity contribution in [1.29, 1.82) is 0 Å². The van der Waals surface area contributed by atoms with E-state index in [2.05, 4.69) is 34.3 Å². The first-order valence-electron chi connectivity index (χ1n) is 11.4. The van der Waals surface area contributed by atoms with Gasteiger partial charge >= 0.3 is 0 Å². The van der Waals surface area contributed by atoms with Gasteiger partial charge in [0.25, 0.3) is 5.91 Å². The number of aromatic nitrogens is 2. The molecule has 2 heterocycles. The zero-order valence-electron chi connectivity index (χ0n) is 19.3. The third kappa shape index (κ3) is 5.02. The monoisotopic (exact) mass is 432 g/mol. The molecule has 0 N–H and O–H groups in total. The lowest BCUT2D eigenvalue weighted by Gasteiger charge is -2.34. The number of hydrogen-bond acceptors (Lipinski definition) is 4. The van der Waals surface area contributed by atoms with E-state index in [-0.39, 0.29) is 5.91 Å². The summed E-state index contributed by atoms with van der Waals surface area (Å²) in [5, 5.41) is 4.66. The zero-order valence-corrected chi connectivity index (χ0v) is 19.3. The lowest BCUT2D eigenvalue weighted by molar-refractivity contribution is 0.0627. The Morgan fingerprint density at radius 2 is 1.56 bits per heavy atom. The summed E-state index contributed by atoms with van der Waals surface area (Å²) in [6.07, 6.45) is 0. The van der Waals surface area contributed by atoms with Gasteiger partial charge in [-0.05, 0) is 44.0 Å². The third-order valence-electron chi connectivity index (χ3n) is 6.07. The number of piperazine rings is 1. The van der Waals surface area contributed by atoms with Crippen molar-refractivity contribution in [3.63, 3.8) is 0 Å². The standard InChI is InChI=1S/C26H32N4O2/c1-4-32-24-12-10-23(11-13-24)18-28-14-16-29(17-15-28)26(31)25-20(2)27-30(21(25)3)19-22-8-6-5-7-9-22/h5-13H,4,14-19H2,1-3H3. The Morgan fingerprint density at radius 1 is 0.906 bits per heavy atom. The van der Waals surface area contributed by atoms with Gasteiger partial charge in [0.2, 0.25) is 0 Å². The van der Waals surface area contributed by atoms with Crippen LogP contribution in [0.15, 0.2) is 54.6 Å². The second kappa shape index (κ2) is 10.0. The second-order valence-corrected chi connectivity index (χ2v) is 8.33. The Bertz CT molecular complexity index is 1040. The molecule has 1 fully saturated rings. The summed E-state index contributed by atoms with van der Waals surface area (Å²) >= 11 is 0. The third-order valence-corrected chi connectivity index (χ3v) is 6.07. The van der Waals surface area contributed by atoms with Crippen molar-refractivity contribution in [2.45, 2.75) is 33.9 Å². The van der Waals surface area contributed by atoms with E-state index in [4.69, 9.17) is 4.74 Å². The average molecular weight is 433 g/mol. The zero-order chi connectivity index (χ0) is 22.5. The number of rotatable bonds is 7. The number of carbonyl (C=O) groups is 1. The fourth-order valence-electron chi connectivity index (χ4n) is 4.30. The van der Waals surface area contributed by atoms with Crippen LogP contribution in [0, 0.1) is 13.8 Å². The van der Waals surface area contributed by atoms with Crippen LogP contribution in [0.25, 0.3) is 0 Å². The molecule has 0 saturated carbocycles. The van der Waals surface area contributed by atoms with Gasteiger partial charge in [0.15, 0.2) is 0 Å². The minimum atomic E-state index is 0.0972. The highest BCUT2D eigenvalue weighted by atomic mass is 16.5. The molecule has 0 bridgehead atoms. The largest absolute Gasteiger partial charge is 0.494 e. The lowest BCUT2D eigenvalue weighted by Crippen LogP contribution is -2.48. The van der Waals surface area contributed by atoms with Crippen molar-refractivity contribution in [2.75, 3.05) is 32.8 Å². The van der Waals surface area contributed by atoms with Gasteiger partial charge in [-0.3, -0.25) is 14.4 Å². The van der Waals surface area contributed by atoms with E-state index >= 15 is 0 Å². The number of hydrogen-bond donors (Lipinski definition) is 0. The highest BCUT2D eigenvalue weighted by Gasteiger charge is 2.27. The minimum absolute atomic E-state index is 0.0972. The molecule has 1 aromatic heterocycles. The van der Waals surface area contributed by atoms with E-state index < -0.39 is 0 Å². The summed E-state index contributed by atoms with van der Waals surface area (Å²) in [4.78, 5) is 17.7. The molecule has 3 aromatic rings. The summed E-state index contributed by atoms with van der Waals surface area (Å²) < 4.78 is 7.47. The Kier molecular flexibility index (Phi) is 6.90.